The number of piperidine rings is 2. The number of pyridine rings is 1. The molecular formula is C23H37N7. The highest BCUT2D eigenvalue weighted by Crippen LogP contribution is 2.36. The van der Waals surface area contributed by atoms with Gasteiger partial charge in [-0.15, -0.1) is 5.10 Å². The first kappa shape index (κ1) is 21.1. The number of rotatable bonds is 1. The van der Waals surface area contributed by atoms with Crippen LogP contribution in [-0.2, 0) is 0 Å². The van der Waals surface area contributed by atoms with E-state index >= 15 is 0 Å². The summed E-state index contributed by atoms with van der Waals surface area (Å²) in [6, 6.07) is 3.96. The SMILES string of the molecule is CC(=N)n1nc(N)c2c(C)cc(N3CCCCC3)nc21.CC1CC2CCC(C1)N2C. The van der Waals surface area contributed by atoms with Crippen molar-refractivity contribution in [2.24, 2.45) is 5.92 Å². The molecule has 0 spiro atoms. The van der Waals surface area contributed by atoms with Crippen molar-refractivity contribution in [2.75, 3.05) is 30.8 Å². The van der Waals surface area contributed by atoms with Crippen molar-refractivity contribution in [2.45, 2.75) is 77.8 Å². The van der Waals surface area contributed by atoms with E-state index < -0.39 is 0 Å². The molecular weight excluding hydrogens is 374 g/mol. The van der Waals surface area contributed by atoms with E-state index in [0.717, 1.165) is 47.9 Å². The van der Waals surface area contributed by atoms with E-state index in [1.165, 1.54) is 49.6 Å². The highest BCUT2D eigenvalue weighted by Gasteiger charge is 2.36. The van der Waals surface area contributed by atoms with Crippen molar-refractivity contribution in [1.82, 2.24) is 19.7 Å². The van der Waals surface area contributed by atoms with Crippen LogP contribution in [0.5, 0.6) is 0 Å². The Bertz CT molecular complexity index is 898. The Morgan fingerprint density at radius 1 is 1.13 bits per heavy atom. The number of anilines is 2. The maximum Gasteiger partial charge on any atom is 0.169 e. The average molecular weight is 412 g/mol. The quantitative estimate of drug-likeness (QED) is 0.546. The highest BCUT2D eigenvalue weighted by atomic mass is 15.3. The number of aromatic nitrogens is 3. The van der Waals surface area contributed by atoms with Crippen LogP contribution in [0.15, 0.2) is 6.07 Å². The first-order chi connectivity index (χ1) is 14.3. The minimum absolute atomic E-state index is 0.328. The van der Waals surface area contributed by atoms with Crippen molar-refractivity contribution in [3.05, 3.63) is 11.6 Å². The molecule has 3 N–H and O–H groups in total. The zero-order chi connectivity index (χ0) is 21.4. The molecule has 0 aromatic carbocycles. The molecule has 3 aliphatic rings. The first-order valence-electron chi connectivity index (χ1n) is 11.5. The summed E-state index contributed by atoms with van der Waals surface area (Å²) < 4.78 is 1.52. The van der Waals surface area contributed by atoms with Crippen LogP contribution < -0.4 is 10.6 Å². The fraction of sp³-hybridized carbons (Fsp3) is 0.696. The lowest BCUT2D eigenvalue weighted by Crippen LogP contribution is -2.39. The predicted molar refractivity (Wildman–Crippen MR) is 125 cm³/mol. The molecule has 7 nitrogen and oxygen atoms in total. The number of nitrogen functional groups attached to an aromatic ring is 1. The summed E-state index contributed by atoms with van der Waals surface area (Å²) in [5, 5.41) is 12.9. The molecule has 3 saturated heterocycles. The average Bonchev–Trinajstić information content (AvgIpc) is 3.15. The summed E-state index contributed by atoms with van der Waals surface area (Å²) in [7, 11) is 2.30. The molecule has 0 aliphatic carbocycles. The zero-order valence-electron chi connectivity index (χ0n) is 19.0. The second-order valence-corrected chi connectivity index (χ2v) is 9.55. The summed E-state index contributed by atoms with van der Waals surface area (Å²) >= 11 is 0. The second kappa shape index (κ2) is 8.53. The maximum absolute atomic E-state index is 7.81. The number of hydrogen-bond acceptors (Lipinski definition) is 6. The Balaban J connectivity index is 0.000000181. The molecule has 0 radical (unpaired) electrons. The monoisotopic (exact) mass is 411 g/mol. The lowest BCUT2D eigenvalue weighted by atomic mass is 9.93. The van der Waals surface area contributed by atoms with Crippen molar-refractivity contribution >= 4 is 28.5 Å². The number of fused-ring (bicyclic) bond motifs is 3. The Morgan fingerprint density at radius 2 is 1.77 bits per heavy atom. The van der Waals surface area contributed by atoms with Crippen LogP contribution in [-0.4, -0.2) is 57.7 Å². The van der Waals surface area contributed by atoms with Gasteiger partial charge in [0.2, 0.25) is 0 Å². The van der Waals surface area contributed by atoms with Crippen LogP contribution in [0.3, 0.4) is 0 Å². The number of aryl methyl sites for hydroxylation is 1. The minimum atomic E-state index is 0.328. The van der Waals surface area contributed by atoms with Gasteiger partial charge >= 0.3 is 0 Å². The molecule has 0 amide bonds. The number of hydrogen-bond donors (Lipinski definition) is 2. The largest absolute Gasteiger partial charge is 0.382 e. The second-order valence-electron chi connectivity index (χ2n) is 9.55. The van der Waals surface area contributed by atoms with Crippen LogP contribution >= 0.6 is 0 Å². The molecule has 5 heterocycles. The Morgan fingerprint density at radius 3 is 2.37 bits per heavy atom. The van der Waals surface area contributed by atoms with E-state index in [1.807, 2.05) is 6.92 Å². The molecule has 2 unspecified atom stereocenters. The fourth-order valence-corrected chi connectivity index (χ4v) is 5.52. The fourth-order valence-electron chi connectivity index (χ4n) is 5.52. The molecule has 164 valence electrons. The van der Waals surface area contributed by atoms with Gasteiger partial charge in [-0.25, -0.2) is 4.98 Å². The van der Waals surface area contributed by atoms with Crippen molar-refractivity contribution in [3.63, 3.8) is 0 Å². The molecule has 2 aromatic rings. The predicted octanol–water partition coefficient (Wildman–Crippen LogP) is 4.04. The number of nitrogens with one attached hydrogen (secondary N) is 1. The molecule has 7 heteroatoms. The van der Waals surface area contributed by atoms with Gasteiger partial charge < -0.3 is 15.5 Å². The third-order valence-corrected chi connectivity index (χ3v) is 7.18. The van der Waals surface area contributed by atoms with E-state index in [-0.39, 0.29) is 0 Å². The van der Waals surface area contributed by atoms with Gasteiger partial charge in [-0.05, 0) is 83.4 Å². The van der Waals surface area contributed by atoms with E-state index in [9.17, 15) is 0 Å². The zero-order valence-corrected chi connectivity index (χ0v) is 19.0. The molecule has 2 bridgehead atoms. The molecule has 2 aromatic heterocycles. The van der Waals surface area contributed by atoms with Crippen LogP contribution in [0.1, 0.15) is 64.4 Å². The van der Waals surface area contributed by atoms with Crippen LogP contribution in [0.25, 0.3) is 11.0 Å². The standard InChI is InChI=1S/C14H20N6.C9H17N/c1-9-8-11(19-6-4-3-5-7-19)17-14-12(9)13(16)18-20(14)10(2)15;1-7-5-8-3-4-9(6-7)10(8)2/h8,15H,3-7H2,1-2H3,(H2,16,18);7-9H,3-6H2,1-2H3. The van der Waals surface area contributed by atoms with Gasteiger partial charge in [-0.2, -0.15) is 4.68 Å². The molecule has 0 saturated carbocycles. The summed E-state index contributed by atoms with van der Waals surface area (Å²) in [6.45, 7) is 8.21. The van der Waals surface area contributed by atoms with Gasteiger partial charge in [0.25, 0.3) is 0 Å². The van der Waals surface area contributed by atoms with Crippen molar-refractivity contribution in [3.8, 4) is 0 Å². The summed E-state index contributed by atoms with van der Waals surface area (Å²) in [5.41, 5.74) is 7.72. The lowest BCUT2D eigenvalue weighted by Gasteiger charge is -2.34. The number of nitrogens with zero attached hydrogens (tertiary/aromatic N) is 5. The van der Waals surface area contributed by atoms with E-state index in [2.05, 4.69) is 34.9 Å². The molecule has 30 heavy (non-hydrogen) atoms. The molecule has 2 atom stereocenters. The van der Waals surface area contributed by atoms with Gasteiger partial charge in [-0.3, -0.25) is 5.41 Å². The molecule has 3 fully saturated rings. The van der Waals surface area contributed by atoms with Gasteiger partial charge in [0.05, 0.1) is 5.39 Å². The maximum atomic E-state index is 7.81. The summed E-state index contributed by atoms with van der Waals surface area (Å²) in [6.07, 6.45) is 9.55. The Labute approximate surface area is 180 Å². The number of nitrogens with two attached hydrogens (primary N) is 1. The highest BCUT2D eigenvalue weighted by molar-refractivity contribution is 5.97. The topological polar surface area (TPSA) is 87.1 Å². The van der Waals surface area contributed by atoms with E-state index in [0.29, 0.717) is 17.3 Å². The minimum Gasteiger partial charge on any atom is -0.382 e. The van der Waals surface area contributed by atoms with Crippen LogP contribution in [0.2, 0.25) is 0 Å². The lowest BCUT2D eigenvalue weighted by molar-refractivity contribution is 0.142. The van der Waals surface area contributed by atoms with Gasteiger partial charge in [0, 0.05) is 25.2 Å². The molecule has 5 rings (SSSR count). The Hall–Kier alpha value is -2.15. The van der Waals surface area contributed by atoms with Crippen molar-refractivity contribution in [1.29, 1.82) is 5.41 Å². The first-order valence-corrected chi connectivity index (χ1v) is 11.5. The van der Waals surface area contributed by atoms with Crippen LogP contribution in [0.4, 0.5) is 11.6 Å². The third-order valence-electron chi connectivity index (χ3n) is 7.18. The Kier molecular flexibility index (Phi) is 6.00. The van der Waals surface area contributed by atoms with Gasteiger partial charge in [0.15, 0.2) is 11.5 Å². The molecule has 3 aliphatic heterocycles. The third kappa shape index (κ3) is 4.04. The summed E-state index contributed by atoms with van der Waals surface area (Å²) in [4.78, 5) is 9.61. The van der Waals surface area contributed by atoms with Crippen LogP contribution in [0, 0.1) is 18.3 Å². The van der Waals surface area contributed by atoms with E-state index in [1.54, 1.807) is 6.92 Å². The smallest absolute Gasteiger partial charge is 0.169 e. The summed E-state index contributed by atoms with van der Waals surface area (Å²) in [5.74, 6) is 2.74. The van der Waals surface area contributed by atoms with Gasteiger partial charge in [-0.1, -0.05) is 6.92 Å². The van der Waals surface area contributed by atoms with Crippen molar-refractivity contribution < 1.29 is 0 Å². The van der Waals surface area contributed by atoms with E-state index in [4.69, 9.17) is 16.1 Å². The normalized spacial score (nSPS) is 26.5. The van der Waals surface area contributed by atoms with Gasteiger partial charge in [0.1, 0.15) is 11.7 Å².